The van der Waals surface area contributed by atoms with Gasteiger partial charge in [0.25, 0.3) is 5.91 Å². The van der Waals surface area contributed by atoms with Gasteiger partial charge in [0.15, 0.2) is 6.61 Å². The Labute approximate surface area is 154 Å². The first-order chi connectivity index (χ1) is 12.6. The number of anilines is 1. The summed E-state index contributed by atoms with van der Waals surface area (Å²) in [5.41, 5.74) is 1.11. The molecule has 6 heteroatoms. The Morgan fingerprint density at radius 1 is 1.12 bits per heavy atom. The minimum Gasteiger partial charge on any atom is -0.484 e. The van der Waals surface area contributed by atoms with Gasteiger partial charge in [0.05, 0.1) is 0 Å². The van der Waals surface area contributed by atoms with Crippen LogP contribution in [-0.2, 0) is 14.3 Å². The van der Waals surface area contributed by atoms with Crippen LogP contribution in [0.3, 0.4) is 0 Å². The van der Waals surface area contributed by atoms with Crippen molar-refractivity contribution in [3.8, 4) is 5.75 Å². The molecule has 0 bridgehead atoms. The van der Waals surface area contributed by atoms with Crippen LogP contribution in [0.2, 0.25) is 0 Å². The fourth-order valence-electron chi connectivity index (χ4n) is 3.66. The standard InChI is InChI=1S/C20H28N2O4/c1-2-18(23)21-16-3-5-17(6-4-16)26-15-19(24)22-11-7-20(8-12-22)9-13-25-14-10-20/h3-6H,2,7-15H2,1H3,(H,21,23). The zero-order valence-corrected chi connectivity index (χ0v) is 15.5. The molecule has 3 rings (SSSR count). The molecule has 0 aromatic heterocycles. The van der Waals surface area contributed by atoms with Crippen molar-refractivity contribution in [1.82, 2.24) is 4.90 Å². The maximum atomic E-state index is 12.4. The largest absolute Gasteiger partial charge is 0.484 e. The van der Waals surface area contributed by atoms with Gasteiger partial charge in [-0.15, -0.1) is 0 Å². The molecule has 0 saturated carbocycles. The third-order valence-electron chi connectivity index (χ3n) is 5.55. The number of benzene rings is 1. The Kier molecular flexibility index (Phi) is 6.14. The Bertz CT molecular complexity index is 613. The molecule has 142 valence electrons. The van der Waals surface area contributed by atoms with Gasteiger partial charge in [-0.3, -0.25) is 9.59 Å². The Balaban J connectivity index is 1.43. The summed E-state index contributed by atoms with van der Waals surface area (Å²) in [6, 6.07) is 7.10. The van der Waals surface area contributed by atoms with Crippen LogP contribution in [0.1, 0.15) is 39.0 Å². The normalized spacial score (nSPS) is 19.2. The van der Waals surface area contributed by atoms with Crippen LogP contribution in [-0.4, -0.2) is 49.6 Å². The maximum absolute atomic E-state index is 12.4. The van der Waals surface area contributed by atoms with Crippen LogP contribution in [0.4, 0.5) is 5.69 Å². The number of likely N-dealkylation sites (tertiary alicyclic amines) is 1. The molecular weight excluding hydrogens is 332 g/mol. The van der Waals surface area contributed by atoms with Crippen molar-refractivity contribution in [2.45, 2.75) is 39.0 Å². The molecule has 1 aromatic rings. The molecule has 1 aromatic carbocycles. The molecule has 26 heavy (non-hydrogen) atoms. The number of carbonyl (C=O) groups excluding carboxylic acids is 2. The second-order valence-corrected chi connectivity index (χ2v) is 7.21. The van der Waals surface area contributed by atoms with Crippen molar-refractivity contribution in [1.29, 1.82) is 0 Å². The second kappa shape index (κ2) is 8.54. The fraction of sp³-hybridized carbons (Fsp3) is 0.600. The smallest absolute Gasteiger partial charge is 0.260 e. The van der Waals surface area contributed by atoms with Gasteiger partial charge in [-0.25, -0.2) is 0 Å². The first-order valence-corrected chi connectivity index (χ1v) is 9.48. The molecule has 2 aliphatic heterocycles. The molecule has 1 N–H and O–H groups in total. The number of nitrogens with one attached hydrogen (secondary N) is 1. The lowest BCUT2D eigenvalue weighted by molar-refractivity contribution is -0.136. The number of carbonyl (C=O) groups is 2. The van der Waals surface area contributed by atoms with Crippen molar-refractivity contribution in [2.75, 3.05) is 38.2 Å². The van der Waals surface area contributed by atoms with Gasteiger partial charge in [-0.1, -0.05) is 6.92 Å². The zero-order valence-electron chi connectivity index (χ0n) is 15.5. The van der Waals surface area contributed by atoms with Crippen LogP contribution in [0.25, 0.3) is 0 Å². The lowest BCUT2D eigenvalue weighted by Gasteiger charge is -2.44. The summed E-state index contributed by atoms with van der Waals surface area (Å²) in [7, 11) is 0. The summed E-state index contributed by atoms with van der Waals surface area (Å²) in [5.74, 6) is 0.641. The van der Waals surface area contributed by atoms with E-state index in [1.54, 1.807) is 24.3 Å². The van der Waals surface area contributed by atoms with Crippen LogP contribution in [0.5, 0.6) is 5.75 Å². The molecule has 2 aliphatic rings. The highest BCUT2D eigenvalue weighted by Crippen LogP contribution is 2.40. The minimum atomic E-state index is -0.0266. The number of hydrogen-bond acceptors (Lipinski definition) is 4. The van der Waals surface area contributed by atoms with Gasteiger partial charge in [0.2, 0.25) is 5.91 Å². The van der Waals surface area contributed by atoms with Gasteiger partial charge < -0.3 is 19.7 Å². The van der Waals surface area contributed by atoms with E-state index in [1.165, 1.54) is 0 Å². The number of ether oxygens (including phenoxy) is 2. The Morgan fingerprint density at radius 3 is 2.38 bits per heavy atom. The number of hydrogen-bond donors (Lipinski definition) is 1. The van der Waals surface area contributed by atoms with Crippen LogP contribution in [0, 0.1) is 5.41 Å². The maximum Gasteiger partial charge on any atom is 0.260 e. The highest BCUT2D eigenvalue weighted by atomic mass is 16.5. The fourth-order valence-corrected chi connectivity index (χ4v) is 3.66. The molecule has 2 heterocycles. The second-order valence-electron chi connectivity index (χ2n) is 7.21. The molecule has 0 atom stereocenters. The Morgan fingerprint density at radius 2 is 1.77 bits per heavy atom. The van der Waals surface area contributed by atoms with Gasteiger partial charge >= 0.3 is 0 Å². The molecule has 0 aliphatic carbocycles. The SMILES string of the molecule is CCC(=O)Nc1ccc(OCC(=O)N2CCC3(CCOCC3)CC2)cc1. The average molecular weight is 360 g/mol. The van der Waals surface area contributed by atoms with Crippen molar-refractivity contribution in [3.63, 3.8) is 0 Å². The third-order valence-corrected chi connectivity index (χ3v) is 5.55. The Hall–Kier alpha value is -2.08. The van der Waals surface area contributed by atoms with E-state index in [2.05, 4.69) is 5.32 Å². The third kappa shape index (κ3) is 4.75. The lowest BCUT2D eigenvalue weighted by atomic mass is 9.72. The molecule has 0 unspecified atom stereocenters. The monoisotopic (exact) mass is 360 g/mol. The zero-order chi connectivity index (χ0) is 18.4. The summed E-state index contributed by atoms with van der Waals surface area (Å²) in [6.07, 6.45) is 4.80. The topological polar surface area (TPSA) is 67.9 Å². The number of rotatable bonds is 5. The van der Waals surface area contributed by atoms with E-state index < -0.39 is 0 Å². The molecular formula is C20H28N2O4. The number of nitrogens with zero attached hydrogens (tertiary/aromatic N) is 1. The average Bonchev–Trinajstić information content (AvgIpc) is 2.68. The quantitative estimate of drug-likeness (QED) is 0.877. The van der Waals surface area contributed by atoms with E-state index in [0.717, 1.165) is 57.7 Å². The molecule has 2 saturated heterocycles. The van der Waals surface area contributed by atoms with E-state index in [4.69, 9.17) is 9.47 Å². The van der Waals surface area contributed by atoms with Gasteiger partial charge in [-0.05, 0) is 55.4 Å². The van der Waals surface area contributed by atoms with E-state index in [-0.39, 0.29) is 18.4 Å². The van der Waals surface area contributed by atoms with Crippen molar-refractivity contribution in [2.24, 2.45) is 5.41 Å². The number of amides is 2. The first-order valence-electron chi connectivity index (χ1n) is 9.48. The summed E-state index contributed by atoms with van der Waals surface area (Å²) < 4.78 is 11.1. The van der Waals surface area contributed by atoms with Crippen molar-refractivity contribution < 1.29 is 19.1 Å². The van der Waals surface area contributed by atoms with Gasteiger partial charge in [0.1, 0.15) is 5.75 Å². The molecule has 2 fully saturated rings. The minimum absolute atomic E-state index is 0.0266. The van der Waals surface area contributed by atoms with E-state index in [0.29, 0.717) is 17.6 Å². The first kappa shape index (κ1) is 18.7. The summed E-state index contributed by atoms with van der Waals surface area (Å²) in [4.78, 5) is 25.7. The van der Waals surface area contributed by atoms with E-state index in [9.17, 15) is 9.59 Å². The van der Waals surface area contributed by atoms with Crippen molar-refractivity contribution >= 4 is 17.5 Å². The highest BCUT2D eigenvalue weighted by Gasteiger charge is 2.37. The van der Waals surface area contributed by atoms with Gasteiger partial charge in [0, 0.05) is 38.4 Å². The van der Waals surface area contributed by atoms with Gasteiger partial charge in [-0.2, -0.15) is 0 Å². The molecule has 1 spiro atoms. The van der Waals surface area contributed by atoms with E-state index >= 15 is 0 Å². The van der Waals surface area contributed by atoms with Crippen LogP contribution in [0.15, 0.2) is 24.3 Å². The summed E-state index contributed by atoms with van der Waals surface area (Å²) in [6.45, 7) is 5.19. The number of piperidine rings is 1. The summed E-state index contributed by atoms with van der Waals surface area (Å²) >= 11 is 0. The predicted molar refractivity (Wildman–Crippen MR) is 99.2 cm³/mol. The molecule has 2 amide bonds. The lowest BCUT2D eigenvalue weighted by Crippen LogP contribution is -2.46. The van der Waals surface area contributed by atoms with Crippen LogP contribution >= 0.6 is 0 Å². The molecule has 6 nitrogen and oxygen atoms in total. The highest BCUT2D eigenvalue weighted by molar-refractivity contribution is 5.90. The summed E-state index contributed by atoms with van der Waals surface area (Å²) in [5, 5.41) is 2.79. The van der Waals surface area contributed by atoms with Crippen LogP contribution < -0.4 is 10.1 Å². The predicted octanol–water partition coefficient (Wildman–Crippen LogP) is 2.83. The molecule has 0 radical (unpaired) electrons. The van der Waals surface area contributed by atoms with Crippen molar-refractivity contribution in [3.05, 3.63) is 24.3 Å². The van der Waals surface area contributed by atoms with E-state index in [1.807, 2.05) is 11.8 Å².